The molecule has 0 unspecified atom stereocenters. The lowest BCUT2D eigenvalue weighted by molar-refractivity contribution is 0.112. The third-order valence-electron chi connectivity index (χ3n) is 2.44. The number of anilines is 1. The lowest BCUT2D eigenvalue weighted by atomic mass is 10.0. The van der Waals surface area contributed by atoms with Gasteiger partial charge in [0.1, 0.15) is 0 Å². The summed E-state index contributed by atoms with van der Waals surface area (Å²) < 4.78 is 13.1. The van der Waals surface area contributed by atoms with Crippen molar-refractivity contribution in [3.8, 4) is 0 Å². The Morgan fingerprint density at radius 3 is 2.86 bits per heavy atom. The molecule has 0 saturated carbocycles. The van der Waals surface area contributed by atoms with Crippen molar-refractivity contribution in [2.75, 3.05) is 18.0 Å². The van der Waals surface area contributed by atoms with Crippen molar-refractivity contribution < 1.29 is 9.18 Å². The number of rotatable bonds is 2. The summed E-state index contributed by atoms with van der Waals surface area (Å²) in [6.07, 6.45) is 3.16. The molecule has 0 aromatic carbocycles. The number of hydrogen-bond acceptors (Lipinski definition) is 3. The Bertz CT molecular complexity index is 361. The van der Waals surface area contributed by atoms with Crippen molar-refractivity contribution in [2.24, 2.45) is 5.92 Å². The highest BCUT2D eigenvalue weighted by atomic mass is 19.1. The average molecular weight is 194 g/mol. The summed E-state index contributed by atoms with van der Waals surface area (Å²) in [5, 5.41) is 0. The molecule has 1 aliphatic heterocycles. The number of pyridine rings is 1. The molecular formula is C10H11FN2O. The van der Waals surface area contributed by atoms with Crippen molar-refractivity contribution in [1.82, 2.24) is 4.98 Å². The van der Waals surface area contributed by atoms with Gasteiger partial charge in [0.25, 0.3) is 0 Å². The number of nitrogens with zero attached hydrogens (tertiary/aromatic N) is 2. The van der Waals surface area contributed by atoms with Crippen LogP contribution in [0.25, 0.3) is 0 Å². The number of hydrogen-bond donors (Lipinski definition) is 0. The molecule has 3 nitrogen and oxygen atoms in total. The topological polar surface area (TPSA) is 33.2 Å². The molecule has 0 amide bonds. The van der Waals surface area contributed by atoms with Gasteiger partial charge < -0.3 is 4.90 Å². The molecule has 2 rings (SSSR count). The van der Waals surface area contributed by atoms with E-state index in [9.17, 15) is 9.18 Å². The Kier molecular flexibility index (Phi) is 2.19. The summed E-state index contributed by atoms with van der Waals surface area (Å²) in [5.41, 5.74) is 0.727. The summed E-state index contributed by atoms with van der Waals surface area (Å²) in [6, 6.07) is 0. The van der Waals surface area contributed by atoms with Crippen LogP contribution < -0.4 is 4.90 Å². The van der Waals surface area contributed by atoms with E-state index in [-0.39, 0.29) is 5.56 Å². The highest BCUT2D eigenvalue weighted by Gasteiger charge is 2.25. The van der Waals surface area contributed by atoms with E-state index < -0.39 is 5.82 Å². The molecule has 1 aliphatic rings. The van der Waals surface area contributed by atoms with Crippen molar-refractivity contribution in [3.05, 3.63) is 23.8 Å². The van der Waals surface area contributed by atoms with Gasteiger partial charge in [-0.15, -0.1) is 0 Å². The second-order valence-electron chi connectivity index (χ2n) is 3.68. The normalized spacial score (nSPS) is 16.6. The first-order chi connectivity index (χ1) is 6.72. The molecule has 1 saturated heterocycles. The predicted molar refractivity (Wildman–Crippen MR) is 51.0 cm³/mol. The van der Waals surface area contributed by atoms with Crippen LogP contribution in [0.1, 0.15) is 17.3 Å². The van der Waals surface area contributed by atoms with Crippen molar-refractivity contribution in [2.45, 2.75) is 6.92 Å². The van der Waals surface area contributed by atoms with Gasteiger partial charge in [-0.2, -0.15) is 0 Å². The third kappa shape index (κ3) is 1.36. The Labute approximate surface area is 81.6 Å². The summed E-state index contributed by atoms with van der Waals surface area (Å²) in [4.78, 5) is 16.4. The zero-order valence-electron chi connectivity index (χ0n) is 7.90. The van der Waals surface area contributed by atoms with E-state index in [0.29, 0.717) is 17.9 Å². The largest absolute Gasteiger partial charge is 0.369 e. The van der Waals surface area contributed by atoms with Gasteiger partial charge in [0.05, 0.1) is 23.6 Å². The molecule has 0 atom stereocenters. The molecule has 1 fully saturated rings. The van der Waals surface area contributed by atoms with Gasteiger partial charge in [0.15, 0.2) is 12.1 Å². The highest BCUT2D eigenvalue weighted by Crippen LogP contribution is 2.27. The van der Waals surface area contributed by atoms with Crippen LogP contribution in [0.2, 0.25) is 0 Å². The van der Waals surface area contributed by atoms with Gasteiger partial charge >= 0.3 is 0 Å². The van der Waals surface area contributed by atoms with Gasteiger partial charge in [-0.25, -0.2) is 4.39 Å². The lowest BCUT2D eigenvalue weighted by Gasteiger charge is -2.39. The first kappa shape index (κ1) is 9.12. The van der Waals surface area contributed by atoms with E-state index in [1.54, 1.807) is 6.20 Å². The van der Waals surface area contributed by atoms with Gasteiger partial charge in [-0.1, -0.05) is 6.92 Å². The maximum Gasteiger partial charge on any atom is 0.155 e. The SMILES string of the molecule is CC1CN(c2cncc(F)c2C=O)C1. The van der Waals surface area contributed by atoms with E-state index in [1.807, 2.05) is 4.90 Å². The summed E-state index contributed by atoms with van der Waals surface area (Å²) in [6.45, 7) is 3.85. The highest BCUT2D eigenvalue weighted by molar-refractivity contribution is 5.84. The van der Waals surface area contributed by atoms with Gasteiger partial charge in [-0.3, -0.25) is 9.78 Å². The second-order valence-corrected chi connectivity index (χ2v) is 3.68. The maximum absolute atomic E-state index is 13.1. The lowest BCUT2D eigenvalue weighted by Crippen LogP contribution is -2.45. The van der Waals surface area contributed by atoms with Crippen LogP contribution in [-0.2, 0) is 0 Å². The minimum Gasteiger partial charge on any atom is -0.369 e. The zero-order valence-corrected chi connectivity index (χ0v) is 7.90. The molecule has 1 aromatic rings. The molecule has 0 spiro atoms. The van der Waals surface area contributed by atoms with Gasteiger partial charge in [0, 0.05) is 13.1 Å². The zero-order chi connectivity index (χ0) is 10.1. The van der Waals surface area contributed by atoms with Crippen molar-refractivity contribution >= 4 is 12.0 Å². The van der Waals surface area contributed by atoms with E-state index in [2.05, 4.69) is 11.9 Å². The standard InChI is InChI=1S/C10H11FN2O/c1-7-4-13(5-7)10-3-12-2-9(11)8(10)6-14/h2-3,6-7H,4-5H2,1H3. The molecule has 1 aromatic heterocycles. The second kappa shape index (κ2) is 3.36. The van der Waals surface area contributed by atoms with Crippen LogP contribution in [-0.4, -0.2) is 24.4 Å². The van der Waals surface area contributed by atoms with Crippen LogP contribution in [0.15, 0.2) is 12.4 Å². The Morgan fingerprint density at radius 2 is 2.29 bits per heavy atom. The van der Waals surface area contributed by atoms with Crippen molar-refractivity contribution in [1.29, 1.82) is 0 Å². The molecule has 0 aliphatic carbocycles. The summed E-state index contributed by atoms with van der Waals surface area (Å²) in [5.74, 6) is 0.0647. The first-order valence-electron chi connectivity index (χ1n) is 4.56. The molecule has 0 N–H and O–H groups in total. The van der Waals surface area contributed by atoms with Crippen LogP contribution in [0.5, 0.6) is 0 Å². The molecule has 0 radical (unpaired) electrons. The van der Waals surface area contributed by atoms with Crippen LogP contribution in [0, 0.1) is 11.7 Å². The van der Waals surface area contributed by atoms with Gasteiger partial charge in [0.2, 0.25) is 0 Å². The Balaban J connectivity index is 2.33. The number of carbonyl (C=O) groups is 1. The molecule has 0 bridgehead atoms. The third-order valence-corrected chi connectivity index (χ3v) is 2.44. The minimum atomic E-state index is -0.544. The number of aromatic nitrogens is 1. The van der Waals surface area contributed by atoms with E-state index in [1.165, 1.54) is 0 Å². The Morgan fingerprint density at radius 1 is 1.57 bits per heavy atom. The van der Waals surface area contributed by atoms with Gasteiger partial charge in [-0.05, 0) is 5.92 Å². The van der Waals surface area contributed by atoms with Crippen molar-refractivity contribution in [3.63, 3.8) is 0 Å². The monoisotopic (exact) mass is 194 g/mol. The number of halogens is 1. The average Bonchev–Trinajstić information content (AvgIpc) is 2.13. The molecular weight excluding hydrogens is 183 g/mol. The fourth-order valence-corrected chi connectivity index (χ4v) is 1.70. The van der Waals surface area contributed by atoms with Crippen LogP contribution >= 0.6 is 0 Å². The fraction of sp³-hybridized carbons (Fsp3) is 0.400. The van der Waals surface area contributed by atoms with E-state index >= 15 is 0 Å². The van der Waals surface area contributed by atoms with E-state index in [0.717, 1.165) is 19.3 Å². The summed E-state index contributed by atoms with van der Waals surface area (Å²) >= 11 is 0. The summed E-state index contributed by atoms with van der Waals surface area (Å²) in [7, 11) is 0. The number of aldehydes is 1. The molecule has 4 heteroatoms. The fourth-order valence-electron chi connectivity index (χ4n) is 1.70. The van der Waals surface area contributed by atoms with Crippen LogP contribution in [0.4, 0.5) is 10.1 Å². The van der Waals surface area contributed by atoms with Crippen LogP contribution in [0.3, 0.4) is 0 Å². The minimum absolute atomic E-state index is 0.118. The Hall–Kier alpha value is -1.45. The number of carbonyl (C=O) groups excluding carboxylic acids is 1. The smallest absolute Gasteiger partial charge is 0.155 e. The van der Waals surface area contributed by atoms with E-state index in [4.69, 9.17) is 0 Å². The molecule has 74 valence electrons. The quantitative estimate of drug-likeness (QED) is 0.669. The predicted octanol–water partition coefficient (Wildman–Crippen LogP) is 1.49. The first-order valence-corrected chi connectivity index (χ1v) is 4.56. The molecule has 2 heterocycles. The molecule has 14 heavy (non-hydrogen) atoms. The maximum atomic E-state index is 13.1.